The zero-order valence-electron chi connectivity index (χ0n) is 9.84. The smallest absolute Gasteiger partial charge is 0.0179 e. The Morgan fingerprint density at radius 1 is 1.27 bits per heavy atom. The first-order chi connectivity index (χ1) is 7.31. The van der Waals surface area contributed by atoms with Crippen molar-refractivity contribution in [1.29, 1.82) is 0 Å². The Balaban J connectivity index is 1.52. The van der Waals surface area contributed by atoms with E-state index in [2.05, 4.69) is 24.4 Å². The van der Waals surface area contributed by atoms with Crippen LogP contribution < -0.4 is 5.32 Å². The lowest BCUT2D eigenvalue weighted by atomic mass is 9.74. The van der Waals surface area contributed by atoms with Gasteiger partial charge in [0, 0.05) is 5.54 Å². The van der Waals surface area contributed by atoms with E-state index in [-0.39, 0.29) is 0 Å². The first kappa shape index (κ1) is 9.89. The van der Waals surface area contributed by atoms with Crippen LogP contribution in [0.3, 0.4) is 0 Å². The van der Waals surface area contributed by atoms with E-state index in [1.165, 1.54) is 45.1 Å². The summed E-state index contributed by atoms with van der Waals surface area (Å²) in [6.45, 7) is 3.62. The van der Waals surface area contributed by atoms with Crippen molar-refractivity contribution in [2.45, 2.75) is 51.0 Å². The maximum absolute atomic E-state index is 3.88. The predicted molar refractivity (Wildman–Crippen MR) is 63.7 cm³/mol. The molecule has 15 heavy (non-hydrogen) atoms. The summed E-state index contributed by atoms with van der Waals surface area (Å²) >= 11 is 0. The fourth-order valence-corrected chi connectivity index (χ4v) is 3.74. The van der Waals surface area contributed by atoms with E-state index < -0.39 is 0 Å². The monoisotopic (exact) mass is 205 g/mol. The van der Waals surface area contributed by atoms with Gasteiger partial charge in [0.2, 0.25) is 0 Å². The molecule has 3 atom stereocenters. The molecule has 0 radical (unpaired) electrons. The molecular formula is C14H23N. The third-order valence-electron chi connectivity index (χ3n) is 5.14. The van der Waals surface area contributed by atoms with Crippen LogP contribution in [0.4, 0.5) is 0 Å². The minimum Gasteiger partial charge on any atom is -0.311 e. The van der Waals surface area contributed by atoms with Crippen molar-refractivity contribution in [2.75, 3.05) is 6.54 Å². The first-order valence-corrected chi connectivity index (χ1v) is 6.75. The van der Waals surface area contributed by atoms with Crippen molar-refractivity contribution in [3.63, 3.8) is 0 Å². The molecule has 0 heterocycles. The van der Waals surface area contributed by atoms with Crippen LogP contribution in [0.2, 0.25) is 0 Å². The highest BCUT2D eigenvalue weighted by atomic mass is 15.0. The van der Waals surface area contributed by atoms with Gasteiger partial charge < -0.3 is 5.32 Å². The van der Waals surface area contributed by atoms with Gasteiger partial charge in [-0.2, -0.15) is 0 Å². The van der Waals surface area contributed by atoms with E-state index in [0.717, 1.165) is 17.8 Å². The SMILES string of the molecule is CCC1(NCC2CC3C=CC2C3)CCC1. The largest absolute Gasteiger partial charge is 0.311 e. The molecule has 84 valence electrons. The molecule has 1 N–H and O–H groups in total. The highest BCUT2D eigenvalue weighted by Gasteiger charge is 2.39. The van der Waals surface area contributed by atoms with E-state index >= 15 is 0 Å². The van der Waals surface area contributed by atoms with Crippen LogP contribution in [0, 0.1) is 17.8 Å². The van der Waals surface area contributed by atoms with Crippen LogP contribution in [0.5, 0.6) is 0 Å². The molecule has 2 fully saturated rings. The highest BCUT2D eigenvalue weighted by Crippen LogP contribution is 2.44. The van der Waals surface area contributed by atoms with Crippen molar-refractivity contribution < 1.29 is 0 Å². The zero-order chi connectivity index (χ0) is 10.3. The van der Waals surface area contributed by atoms with E-state index in [4.69, 9.17) is 0 Å². The van der Waals surface area contributed by atoms with Gasteiger partial charge in [-0.05, 0) is 62.8 Å². The molecule has 3 aliphatic rings. The Hall–Kier alpha value is -0.300. The molecule has 0 aromatic rings. The number of hydrogen-bond donors (Lipinski definition) is 1. The van der Waals surface area contributed by atoms with E-state index in [1.807, 2.05) is 0 Å². The Morgan fingerprint density at radius 3 is 2.60 bits per heavy atom. The number of allylic oxidation sites excluding steroid dienone is 2. The van der Waals surface area contributed by atoms with Gasteiger partial charge >= 0.3 is 0 Å². The molecule has 1 nitrogen and oxygen atoms in total. The molecule has 3 rings (SSSR count). The molecule has 2 bridgehead atoms. The molecule has 1 heteroatoms. The average molecular weight is 205 g/mol. The Kier molecular flexibility index (Phi) is 2.39. The van der Waals surface area contributed by atoms with Gasteiger partial charge in [-0.15, -0.1) is 0 Å². The van der Waals surface area contributed by atoms with Crippen LogP contribution in [0.1, 0.15) is 45.4 Å². The average Bonchev–Trinajstić information content (AvgIpc) is 2.78. The van der Waals surface area contributed by atoms with Crippen LogP contribution in [-0.2, 0) is 0 Å². The summed E-state index contributed by atoms with van der Waals surface area (Å²) in [5.41, 5.74) is 0.547. The normalized spacial score (nSPS) is 40.7. The molecule has 0 aromatic carbocycles. The standard InChI is InChI=1S/C14H23N/c1-2-14(6-3-7-14)15-10-13-9-11-4-5-12(13)8-11/h4-5,11-13,15H,2-3,6-10H2,1H3. The third kappa shape index (κ3) is 1.65. The summed E-state index contributed by atoms with van der Waals surface area (Å²) in [5, 5.41) is 3.88. The molecule has 3 aliphatic carbocycles. The third-order valence-corrected chi connectivity index (χ3v) is 5.14. The van der Waals surface area contributed by atoms with E-state index in [0.29, 0.717) is 5.54 Å². The summed E-state index contributed by atoms with van der Waals surface area (Å²) in [6.07, 6.45) is 13.4. The van der Waals surface area contributed by atoms with E-state index in [9.17, 15) is 0 Å². The fourth-order valence-electron chi connectivity index (χ4n) is 3.74. The lowest BCUT2D eigenvalue weighted by molar-refractivity contribution is 0.164. The topological polar surface area (TPSA) is 12.0 Å². The first-order valence-electron chi connectivity index (χ1n) is 6.75. The number of nitrogens with one attached hydrogen (secondary N) is 1. The second-order valence-electron chi connectivity index (χ2n) is 5.91. The Bertz CT molecular complexity index is 259. The molecule has 0 amide bonds. The van der Waals surface area contributed by atoms with Gasteiger partial charge in [0.15, 0.2) is 0 Å². The van der Waals surface area contributed by atoms with Crippen molar-refractivity contribution in [3.8, 4) is 0 Å². The molecule has 0 spiro atoms. The van der Waals surface area contributed by atoms with E-state index in [1.54, 1.807) is 0 Å². The van der Waals surface area contributed by atoms with Crippen molar-refractivity contribution >= 4 is 0 Å². The van der Waals surface area contributed by atoms with Crippen molar-refractivity contribution in [3.05, 3.63) is 12.2 Å². The second kappa shape index (κ2) is 3.62. The molecule has 3 unspecified atom stereocenters. The van der Waals surface area contributed by atoms with Gasteiger partial charge in [-0.1, -0.05) is 19.1 Å². The van der Waals surface area contributed by atoms with Gasteiger partial charge in [0.1, 0.15) is 0 Å². The Labute approximate surface area is 93.3 Å². The lowest BCUT2D eigenvalue weighted by Crippen LogP contribution is -2.52. The van der Waals surface area contributed by atoms with Gasteiger partial charge in [0.25, 0.3) is 0 Å². The van der Waals surface area contributed by atoms with Crippen LogP contribution >= 0.6 is 0 Å². The van der Waals surface area contributed by atoms with Crippen LogP contribution in [0.15, 0.2) is 12.2 Å². The van der Waals surface area contributed by atoms with Crippen LogP contribution in [-0.4, -0.2) is 12.1 Å². The maximum atomic E-state index is 3.88. The number of hydrogen-bond acceptors (Lipinski definition) is 1. The zero-order valence-corrected chi connectivity index (χ0v) is 9.84. The number of rotatable bonds is 4. The van der Waals surface area contributed by atoms with Crippen molar-refractivity contribution in [1.82, 2.24) is 5.32 Å². The second-order valence-corrected chi connectivity index (χ2v) is 5.91. The quantitative estimate of drug-likeness (QED) is 0.695. The molecule has 2 saturated carbocycles. The summed E-state index contributed by atoms with van der Waals surface area (Å²) < 4.78 is 0. The predicted octanol–water partition coefficient (Wildman–Crippen LogP) is 3.12. The molecule has 0 aliphatic heterocycles. The Morgan fingerprint density at radius 2 is 2.13 bits per heavy atom. The summed E-state index contributed by atoms with van der Waals surface area (Å²) in [4.78, 5) is 0. The van der Waals surface area contributed by atoms with Crippen LogP contribution in [0.25, 0.3) is 0 Å². The lowest BCUT2D eigenvalue weighted by Gasteiger charge is -2.43. The number of fused-ring (bicyclic) bond motifs is 2. The van der Waals surface area contributed by atoms with Gasteiger partial charge in [-0.3, -0.25) is 0 Å². The highest BCUT2D eigenvalue weighted by molar-refractivity contribution is 5.11. The molecular weight excluding hydrogens is 182 g/mol. The van der Waals surface area contributed by atoms with Gasteiger partial charge in [-0.25, -0.2) is 0 Å². The van der Waals surface area contributed by atoms with Crippen molar-refractivity contribution in [2.24, 2.45) is 17.8 Å². The minimum absolute atomic E-state index is 0.547. The molecule has 0 aromatic heterocycles. The summed E-state index contributed by atoms with van der Waals surface area (Å²) in [5.74, 6) is 2.79. The van der Waals surface area contributed by atoms with Gasteiger partial charge in [0.05, 0.1) is 0 Å². The molecule has 0 saturated heterocycles. The summed E-state index contributed by atoms with van der Waals surface area (Å²) in [6, 6.07) is 0. The summed E-state index contributed by atoms with van der Waals surface area (Å²) in [7, 11) is 0. The minimum atomic E-state index is 0.547. The maximum Gasteiger partial charge on any atom is 0.0179 e. The fraction of sp³-hybridized carbons (Fsp3) is 0.857.